The van der Waals surface area contributed by atoms with Gasteiger partial charge in [0.15, 0.2) is 16.9 Å². The Morgan fingerprint density at radius 3 is 2.88 bits per heavy atom. The molecule has 0 aromatic carbocycles. The summed E-state index contributed by atoms with van der Waals surface area (Å²) in [6.07, 6.45) is 1.74. The summed E-state index contributed by atoms with van der Waals surface area (Å²) in [4.78, 5) is 15.5. The molecule has 2 aromatic heterocycles. The minimum Gasteiger partial charge on any atom is -0.480 e. The van der Waals surface area contributed by atoms with Crippen LogP contribution in [0.25, 0.3) is 5.65 Å². The summed E-state index contributed by atoms with van der Waals surface area (Å²) < 4.78 is 7.41. The van der Waals surface area contributed by atoms with Crippen molar-refractivity contribution in [3.63, 3.8) is 0 Å². The lowest BCUT2D eigenvalue weighted by atomic mass is 9.85. The highest BCUT2D eigenvalue weighted by atomic mass is 79.9. The van der Waals surface area contributed by atoms with Gasteiger partial charge in [0.05, 0.1) is 13.2 Å². The van der Waals surface area contributed by atoms with Crippen molar-refractivity contribution in [2.45, 2.75) is 5.41 Å². The topological polar surface area (TPSA) is 76.7 Å². The minimum absolute atomic E-state index is 0.125. The molecule has 2 aromatic rings. The van der Waals surface area contributed by atoms with Crippen molar-refractivity contribution in [3.05, 3.63) is 28.6 Å². The Hall–Kier alpha value is -1.47. The Morgan fingerprint density at radius 2 is 2.29 bits per heavy atom. The second-order valence-corrected chi connectivity index (χ2v) is 4.88. The number of hydrogen-bond donors (Lipinski definition) is 1. The van der Waals surface area contributed by atoms with Gasteiger partial charge in [-0.2, -0.15) is 0 Å². The molecule has 1 aliphatic heterocycles. The molecule has 1 fully saturated rings. The first kappa shape index (κ1) is 10.7. The number of pyridine rings is 1. The van der Waals surface area contributed by atoms with Gasteiger partial charge in [-0.3, -0.25) is 4.79 Å². The van der Waals surface area contributed by atoms with E-state index in [1.807, 2.05) is 6.07 Å². The van der Waals surface area contributed by atoms with Gasteiger partial charge in [-0.25, -0.2) is 9.50 Å². The first-order valence-electron chi connectivity index (χ1n) is 4.95. The standard InChI is InChI=1S/C10H8BrN3O3/c11-6-1-2-7-12-8(13-14(7)3-6)10(9(15)16)4-17-5-10/h1-3H,4-5H2,(H,15,16). The SMILES string of the molecule is O=C(O)C1(c2nc3ccc(Br)cn3n2)COC1. The van der Waals surface area contributed by atoms with Gasteiger partial charge < -0.3 is 9.84 Å². The highest BCUT2D eigenvalue weighted by Crippen LogP contribution is 2.30. The van der Waals surface area contributed by atoms with Gasteiger partial charge in [-0.05, 0) is 28.1 Å². The number of aliphatic carboxylic acids is 1. The van der Waals surface area contributed by atoms with Crippen molar-refractivity contribution in [2.24, 2.45) is 0 Å². The van der Waals surface area contributed by atoms with E-state index in [9.17, 15) is 9.90 Å². The number of halogens is 1. The third-order valence-electron chi connectivity index (χ3n) is 2.83. The van der Waals surface area contributed by atoms with Crippen molar-refractivity contribution < 1.29 is 14.6 Å². The van der Waals surface area contributed by atoms with E-state index in [1.54, 1.807) is 16.8 Å². The molecular weight excluding hydrogens is 290 g/mol. The number of rotatable bonds is 2. The quantitative estimate of drug-likeness (QED) is 0.889. The number of fused-ring (bicyclic) bond motifs is 1. The van der Waals surface area contributed by atoms with Gasteiger partial charge in [-0.1, -0.05) is 0 Å². The fourth-order valence-electron chi connectivity index (χ4n) is 1.72. The molecular formula is C10H8BrN3O3. The molecule has 0 radical (unpaired) electrons. The van der Waals surface area contributed by atoms with Gasteiger partial charge in [0, 0.05) is 10.7 Å². The lowest BCUT2D eigenvalue weighted by Gasteiger charge is -2.34. The van der Waals surface area contributed by atoms with Crippen molar-refractivity contribution in [1.82, 2.24) is 14.6 Å². The zero-order valence-electron chi connectivity index (χ0n) is 8.63. The zero-order chi connectivity index (χ0) is 12.0. The molecule has 7 heteroatoms. The lowest BCUT2D eigenvalue weighted by Crippen LogP contribution is -2.53. The van der Waals surface area contributed by atoms with Crippen molar-refractivity contribution in [3.8, 4) is 0 Å². The van der Waals surface area contributed by atoms with Crippen molar-refractivity contribution >= 4 is 27.5 Å². The second kappa shape index (κ2) is 3.51. The van der Waals surface area contributed by atoms with E-state index in [2.05, 4.69) is 26.0 Å². The van der Waals surface area contributed by atoms with E-state index < -0.39 is 11.4 Å². The molecule has 0 saturated carbocycles. The van der Waals surface area contributed by atoms with Gasteiger partial charge in [0.25, 0.3) is 0 Å². The van der Waals surface area contributed by atoms with Crippen LogP contribution in [0.1, 0.15) is 5.82 Å². The summed E-state index contributed by atoms with van der Waals surface area (Å²) in [6.45, 7) is 0.251. The average molecular weight is 298 g/mol. The maximum atomic E-state index is 11.3. The minimum atomic E-state index is -1.08. The Morgan fingerprint density at radius 1 is 1.53 bits per heavy atom. The van der Waals surface area contributed by atoms with Gasteiger partial charge in [0.1, 0.15) is 0 Å². The predicted octanol–water partition coefficient (Wildman–Crippen LogP) is 0.844. The fraction of sp³-hybridized carbons (Fsp3) is 0.300. The number of carbonyl (C=O) groups is 1. The van der Waals surface area contributed by atoms with Crippen molar-refractivity contribution in [2.75, 3.05) is 13.2 Å². The molecule has 0 amide bonds. The predicted molar refractivity (Wildman–Crippen MR) is 60.8 cm³/mol. The molecule has 0 unspecified atom stereocenters. The van der Waals surface area contributed by atoms with E-state index in [0.717, 1.165) is 4.47 Å². The maximum Gasteiger partial charge on any atom is 0.322 e. The summed E-state index contributed by atoms with van der Waals surface area (Å²) in [5.74, 6) is -0.645. The Labute approximate surface area is 104 Å². The van der Waals surface area contributed by atoms with Crippen LogP contribution in [0.3, 0.4) is 0 Å². The molecule has 3 heterocycles. The first-order valence-corrected chi connectivity index (χ1v) is 5.75. The van der Waals surface area contributed by atoms with Crippen LogP contribution in [-0.4, -0.2) is 38.9 Å². The Bertz CT molecular complexity index is 606. The molecule has 0 bridgehead atoms. The summed E-state index contributed by atoms with van der Waals surface area (Å²) in [6, 6.07) is 3.61. The number of nitrogens with zero attached hydrogens (tertiary/aromatic N) is 3. The molecule has 17 heavy (non-hydrogen) atoms. The number of ether oxygens (including phenoxy) is 1. The van der Waals surface area contributed by atoms with Crippen LogP contribution >= 0.6 is 15.9 Å². The summed E-state index contributed by atoms with van der Waals surface area (Å²) in [7, 11) is 0. The van der Waals surface area contributed by atoms with Crippen LogP contribution in [0.4, 0.5) is 0 Å². The number of carboxylic acids is 1. The van der Waals surface area contributed by atoms with Crippen LogP contribution in [-0.2, 0) is 14.9 Å². The number of aromatic nitrogens is 3. The molecule has 1 N–H and O–H groups in total. The average Bonchev–Trinajstić information content (AvgIpc) is 2.57. The summed E-state index contributed by atoms with van der Waals surface area (Å²) in [5, 5.41) is 13.4. The van der Waals surface area contributed by atoms with Crippen molar-refractivity contribution in [1.29, 1.82) is 0 Å². The van der Waals surface area contributed by atoms with E-state index in [0.29, 0.717) is 11.5 Å². The smallest absolute Gasteiger partial charge is 0.322 e. The van der Waals surface area contributed by atoms with E-state index in [-0.39, 0.29) is 13.2 Å². The molecule has 0 atom stereocenters. The van der Waals surface area contributed by atoms with Crippen LogP contribution in [0.5, 0.6) is 0 Å². The normalized spacial score (nSPS) is 17.9. The van der Waals surface area contributed by atoms with Crippen LogP contribution in [0.2, 0.25) is 0 Å². The van der Waals surface area contributed by atoms with Crippen LogP contribution < -0.4 is 0 Å². The summed E-state index contributed by atoms with van der Waals surface area (Å²) >= 11 is 3.32. The van der Waals surface area contributed by atoms with E-state index in [1.165, 1.54) is 0 Å². The Balaban J connectivity index is 2.14. The van der Waals surface area contributed by atoms with Gasteiger partial charge in [0.2, 0.25) is 0 Å². The van der Waals surface area contributed by atoms with Crippen LogP contribution in [0.15, 0.2) is 22.8 Å². The molecule has 0 aliphatic carbocycles. The zero-order valence-corrected chi connectivity index (χ0v) is 10.2. The number of hydrogen-bond acceptors (Lipinski definition) is 4. The lowest BCUT2D eigenvalue weighted by molar-refractivity contribution is -0.164. The fourth-order valence-corrected chi connectivity index (χ4v) is 2.04. The number of carboxylic acid groups (broad SMARTS) is 1. The second-order valence-electron chi connectivity index (χ2n) is 3.97. The van der Waals surface area contributed by atoms with E-state index in [4.69, 9.17) is 4.74 Å². The first-order chi connectivity index (χ1) is 8.12. The summed E-state index contributed by atoms with van der Waals surface area (Å²) in [5.41, 5.74) is -0.464. The molecule has 88 valence electrons. The largest absolute Gasteiger partial charge is 0.480 e. The highest BCUT2D eigenvalue weighted by Gasteiger charge is 2.51. The maximum absolute atomic E-state index is 11.3. The highest BCUT2D eigenvalue weighted by molar-refractivity contribution is 9.10. The van der Waals surface area contributed by atoms with Crippen LogP contribution in [0, 0.1) is 0 Å². The Kier molecular flexibility index (Phi) is 2.20. The molecule has 6 nitrogen and oxygen atoms in total. The third-order valence-corrected chi connectivity index (χ3v) is 3.30. The third kappa shape index (κ3) is 1.46. The molecule has 0 spiro atoms. The molecule has 1 aliphatic rings. The monoisotopic (exact) mass is 297 g/mol. The van der Waals surface area contributed by atoms with E-state index >= 15 is 0 Å². The molecule has 3 rings (SSSR count). The van der Waals surface area contributed by atoms with Gasteiger partial charge in [-0.15, -0.1) is 5.10 Å². The van der Waals surface area contributed by atoms with Gasteiger partial charge >= 0.3 is 5.97 Å². The molecule has 1 saturated heterocycles.